The van der Waals surface area contributed by atoms with Gasteiger partial charge in [0.15, 0.2) is 16.7 Å². The first-order chi connectivity index (χ1) is 17.4. The number of aromatic amines is 2. The van der Waals surface area contributed by atoms with Crippen LogP contribution in [0.1, 0.15) is 22.6 Å². The third-order valence-corrected chi connectivity index (χ3v) is 6.39. The summed E-state index contributed by atoms with van der Waals surface area (Å²) in [6, 6.07) is 12.5. The summed E-state index contributed by atoms with van der Waals surface area (Å²) in [5.41, 5.74) is 2.77. The van der Waals surface area contributed by atoms with E-state index in [0.717, 1.165) is 16.8 Å². The van der Waals surface area contributed by atoms with Crippen LogP contribution in [0.5, 0.6) is 11.5 Å². The molecule has 0 fully saturated rings. The lowest BCUT2D eigenvalue weighted by molar-refractivity contribution is -0.113. The van der Waals surface area contributed by atoms with Crippen molar-refractivity contribution in [1.29, 1.82) is 0 Å². The largest absolute Gasteiger partial charge is 0.454 e. The van der Waals surface area contributed by atoms with Gasteiger partial charge in [-0.1, -0.05) is 23.9 Å². The second-order valence-electron chi connectivity index (χ2n) is 8.22. The number of fused-ring (bicyclic) bond motifs is 1. The number of H-pyrrole nitrogens is 2. The Morgan fingerprint density at radius 3 is 2.72 bits per heavy atom. The SMILES string of the molecule is Cc1ccc(C)c(-n2c(Cc3cc(=O)[nH]c(=O)[nH]3)nnc2SCC(=O)Nc2ccc3c(c2)OCO3)c1. The van der Waals surface area contributed by atoms with Crippen LogP contribution in [0, 0.1) is 13.8 Å². The Balaban J connectivity index is 1.40. The molecule has 0 spiro atoms. The predicted molar refractivity (Wildman–Crippen MR) is 133 cm³/mol. The fourth-order valence-corrected chi connectivity index (χ4v) is 4.56. The summed E-state index contributed by atoms with van der Waals surface area (Å²) < 4.78 is 12.5. The highest BCUT2D eigenvalue weighted by molar-refractivity contribution is 7.99. The molecular formula is C24H22N6O5S. The number of aromatic nitrogens is 5. The third-order valence-electron chi connectivity index (χ3n) is 5.46. The number of hydrogen-bond acceptors (Lipinski definition) is 8. The molecule has 1 aliphatic heterocycles. The second kappa shape index (κ2) is 9.74. The molecule has 11 nitrogen and oxygen atoms in total. The Morgan fingerprint density at radius 2 is 1.89 bits per heavy atom. The fourth-order valence-electron chi connectivity index (χ4n) is 3.80. The molecule has 0 radical (unpaired) electrons. The smallest absolute Gasteiger partial charge is 0.325 e. The molecule has 3 N–H and O–H groups in total. The van der Waals surface area contributed by atoms with Gasteiger partial charge >= 0.3 is 5.69 Å². The Labute approximate surface area is 208 Å². The highest BCUT2D eigenvalue weighted by atomic mass is 32.2. The van der Waals surface area contributed by atoms with E-state index >= 15 is 0 Å². The Hall–Kier alpha value is -4.32. The molecule has 0 atom stereocenters. The molecule has 1 amide bonds. The third kappa shape index (κ3) is 5.03. The summed E-state index contributed by atoms with van der Waals surface area (Å²) in [4.78, 5) is 41.0. The van der Waals surface area contributed by atoms with Gasteiger partial charge in [0.25, 0.3) is 5.56 Å². The zero-order valence-electron chi connectivity index (χ0n) is 19.5. The van der Waals surface area contributed by atoms with Crippen LogP contribution < -0.4 is 26.0 Å². The number of nitrogens with one attached hydrogen (secondary N) is 3. The zero-order valence-corrected chi connectivity index (χ0v) is 20.3. The van der Waals surface area contributed by atoms with Crippen LogP contribution in [-0.4, -0.2) is 43.2 Å². The van der Waals surface area contributed by atoms with E-state index < -0.39 is 11.2 Å². The van der Waals surface area contributed by atoms with E-state index in [9.17, 15) is 14.4 Å². The number of rotatable bonds is 7. The van der Waals surface area contributed by atoms with E-state index in [1.165, 1.54) is 17.8 Å². The van der Waals surface area contributed by atoms with Crippen LogP contribution in [0.3, 0.4) is 0 Å². The lowest BCUT2D eigenvalue weighted by Crippen LogP contribution is -2.23. The molecule has 12 heteroatoms. The Bertz CT molecular complexity index is 1550. The van der Waals surface area contributed by atoms with Gasteiger partial charge < -0.3 is 19.8 Å². The first-order valence-electron chi connectivity index (χ1n) is 11.0. The molecule has 3 heterocycles. The van der Waals surface area contributed by atoms with Crippen LogP contribution in [0.2, 0.25) is 0 Å². The summed E-state index contributed by atoms with van der Waals surface area (Å²) in [5, 5.41) is 12.0. The lowest BCUT2D eigenvalue weighted by Gasteiger charge is -2.14. The van der Waals surface area contributed by atoms with Crippen molar-refractivity contribution >= 4 is 23.4 Å². The standard InChI is InChI=1S/C24H22N6O5S/c1-13-3-4-14(2)17(7-13)30-20(9-16-10-21(31)27-23(33)26-16)28-29-24(30)36-11-22(32)25-15-5-6-18-19(8-15)35-12-34-18/h3-8,10H,9,11-12H2,1-2H3,(H,25,32)(H2,26,27,31,33). The van der Waals surface area contributed by atoms with Gasteiger partial charge in [-0.05, 0) is 43.2 Å². The number of ether oxygens (including phenoxy) is 2. The Morgan fingerprint density at radius 1 is 1.06 bits per heavy atom. The average Bonchev–Trinajstić information content (AvgIpc) is 3.45. The number of hydrogen-bond donors (Lipinski definition) is 3. The number of thioether (sulfide) groups is 1. The van der Waals surface area contributed by atoms with Crippen molar-refractivity contribution in [3.63, 3.8) is 0 Å². The van der Waals surface area contributed by atoms with Crippen LogP contribution in [-0.2, 0) is 11.2 Å². The molecule has 36 heavy (non-hydrogen) atoms. The summed E-state index contributed by atoms with van der Waals surface area (Å²) in [7, 11) is 0. The van der Waals surface area contributed by atoms with Crippen LogP contribution >= 0.6 is 11.8 Å². The summed E-state index contributed by atoms with van der Waals surface area (Å²) in [6.07, 6.45) is 0.170. The lowest BCUT2D eigenvalue weighted by atomic mass is 10.1. The van der Waals surface area contributed by atoms with Crippen molar-refractivity contribution < 1.29 is 14.3 Å². The van der Waals surface area contributed by atoms with Crippen molar-refractivity contribution in [3.8, 4) is 17.2 Å². The molecule has 0 unspecified atom stereocenters. The van der Waals surface area contributed by atoms with Crippen LogP contribution in [0.15, 0.2) is 57.2 Å². The van der Waals surface area contributed by atoms with Crippen LogP contribution in [0.25, 0.3) is 5.69 Å². The van der Waals surface area contributed by atoms with E-state index in [1.807, 2.05) is 36.6 Å². The number of carbonyl (C=O) groups is 1. The topological polar surface area (TPSA) is 144 Å². The maximum Gasteiger partial charge on any atom is 0.325 e. The highest BCUT2D eigenvalue weighted by Crippen LogP contribution is 2.34. The van der Waals surface area contributed by atoms with Crippen LogP contribution in [0.4, 0.5) is 5.69 Å². The van der Waals surface area contributed by atoms with Crippen molar-refractivity contribution in [2.75, 3.05) is 17.9 Å². The molecule has 2 aromatic heterocycles. The second-order valence-corrected chi connectivity index (χ2v) is 9.16. The summed E-state index contributed by atoms with van der Waals surface area (Å²) >= 11 is 1.23. The molecule has 4 aromatic rings. The van der Waals surface area contributed by atoms with Gasteiger partial charge in [0, 0.05) is 29.9 Å². The maximum atomic E-state index is 12.7. The predicted octanol–water partition coefficient (Wildman–Crippen LogP) is 2.31. The van der Waals surface area contributed by atoms with E-state index in [1.54, 1.807) is 18.2 Å². The monoisotopic (exact) mass is 506 g/mol. The van der Waals surface area contributed by atoms with Gasteiger partial charge in [-0.3, -0.25) is 19.1 Å². The van der Waals surface area contributed by atoms with Crippen molar-refractivity contribution in [2.45, 2.75) is 25.4 Å². The summed E-state index contributed by atoms with van der Waals surface area (Å²) in [5.74, 6) is 1.59. The molecule has 0 saturated heterocycles. The number of amides is 1. The minimum atomic E-state index is -0.593. The van der Waals surface area contributed by atoms with E-state index in [4.69, 9.17) is 9.47 Å². The molecule has 5 rings (SSSR count). The first-order valence-corrected chi connectivity index (χ1v) is 12.0. The van der Waals surface area contributed by atoms with Gasteiger partial charge in [-0.15, -0.1) is 10.2 Å². The average molecular weight is 507 g/mol. The number of nitrogens with zero attached hydrogens (tertiary/aromatic N) is 3. The van der Waals surface area contributed by atoms with Gasteiger partial charge in [0.1, 0.15) is 5.82 Å². The first kappa shape index (κ1) is 23.4. The minimum Gasteiger partial charge on any atom is -0.454 e. The summed E-state index contributed by atoms with van der Waals surface area (Å²) in [6.45, 7) is 4.10. The van der Waals surface area contributed by atoms with Crippen molar-refractivity contribution in [1.82, 2.24) is 24.7 Å². The number of aryl methyl sites for hydroxylation is 2. The number of benzene rings is 2. The zero-order chi connectivity index (χ0) is 25.2. The van der Waals surface area contributed by atoms with Gasteiger partial charge in [-0.2, -0.15) is 0 Å². The van der Waals surface area contributed by atoms with E-state index in [-0.39, 0.29) is 24.9 Å². The number of carbonyl (C=O) groups excluding carboxylic acids is 1. The van der Waals surface area contributed by atoms with Crippen molar-refractivity contribution in [3.05, 3.63) is 85.9 Å². The van der Waals surface area contributed by atoms with E-state index in [2.05, 4.69) is 25.5 Å². The van der Waals surface area contributed by atoms with Gasteiger partial charge in [0.2, 0.25) is 12.7 Å². The molecular weight excluding hydrogens is 484 g/mol. The van der Waals surface area contributed by atoms with Gasteiger partial charge in [-0.25, -0.2) is 4.79 Å². The number of anilines is 1. The minimum absolute atomic E-state index is 0.0826. The molecule has 2 aromatic carbocycles. The molecule has 0 saturated carbocycles. The Kier molecular flexibility index (Phi) is 6.34. The fraction of sp³-hybridized carbons (Fsp3) is 0.208. The normalized spacial score (nSPS) is 12.1. The molecule has 1 aliphatic rings. The molecule has 0 bridgehead atoms. The maximum absolute atomic E-state index is 12.7. The van der Waals surface area contributed by atoms with Crippen molar-refractivity contribution in [2.24, 2.45) is 0 Å². The van der Waals surface area contributed by atoms with E-state index in [0.29, 0.717) is 33.9 Å². The quantitative estimate of drug-likeness (QED) is 0.324. The highest BCUT2D eigenvalue weighted by Gasteiger charge is 2.19. The van der Waals surface area contributed by atoms with Gasteiger partial charge in [0.05, 0.1) is 11.4 Å². The molecule has 184 valence electrons. The molecule has 0 aliphatic carbocycles.